The fourth-order valence-electron chi connectivity index (χ4n) is 1.14. The van der Waals surface area contributed by atoms with E-state index in [1.807, 2.05) is 24.3 Å². The Morgan fingerprint density at radius 2 is 1.92 bits per heavy atom. The van der Waals surface area contributed by atoms with Crippen LogP contribution < -0.4 is 0 Å². The van der Waals surface area contributed by atoms with Crippen LogP contribution in [-0.2, 0) is 0 Å². The molecule has 0 nitrogen and oxygen atoms in total. The Hall–Kier alpha value is -0.720. The number of rotatable bonds is 0. The first-order chi connectivity index (χ1) is 5.77. The molecule has 2 aromatic carbocycles. The molecule has 0 amide bonds. The van der Waals surface area contributed by atoms with E-state index in [1.165, 1.54) is 0 Å². The van der Waals surface area contributed by atoms with Crippen molar-refractivity contribution in [3.05, 3.63) is 46.4 Å². The summed E-state index contributed by atoms with van der Waals surface area (Å²) in [5.41, 5.74) is 0. The van der Waals surface area contributed by atoms with E-state index >= 15 is 0 Å². The third kappa shape index (κ3) is 1.28. The molecule has 0 bridgehead atoms. The fraction of sp³-hybridized carbons (Fsp3) is 0. The number of fused-ring (bicyclic) bond motifs is 1. The predicted octanol–water partition coefficient (Wildman–Crippen LogP) is 3.95. The lowest BCUT2D eigenvalue weighted by Crippen LogP contribution is -1.73. The second-order valence-electron chi connectivity index (χ2n) is 2.52. The van der Waals surface area contributed by atoms with Crippen LogP contribution in [0, 0.1) is 6.07 Å². The van der Waals surface area contributed by atoms with Gasteiger partial charge in [0.1, 0.15) is 0 Å². The van der Waals surface area contributed by atoms with Crippen LogP contribution in [0.1, 0.15) is 0 Å². The summed E-state index contributed by atoms with van der Waals surface area (Å²) >= 11 is 11.8. The van der Waals surface area contributed by atoms with E-state index in [-0.39, 0.29) is 0 Å². The van der Waals surface area contributed by atoms with Gasteiger partial charge in [-0.2, -0.15) is 0 Å². The minimum atomic E-state index is 0.709. The summed E-state index contributed by atoms with van der Waals surface area (Å²) in [6, 6.07) is 12.2. The lowest BCUT2D eigenvalue weighted by Gasteiger charge is -1.98. The molecule has 0 spiro atoms. The van der Waals surface area contributed by atoms with Crippen LogP contribution in [0.15, 0.2) is 30.3 Å². The van der Waals surface area contributed by atoms with Gasteiger partial charge >= 0.3 is 0 Å². The van der Waals surface area contributed by atoms with Gasteiger partial charge in [-0.1, -0.05) is 35.3 Å². The smallest absolute Gasteiger partial charge is 0.0484 e. The summed E-state index contributed by atoms with van der Waals surface area (Å²) in [6.45, 7) is 0. The largest absolute Gasteiger partial charge is 0.0843 e. The molecule has 0 aliphatic rings. The molecule has 59 valence electrons. The van der Waals surface area contributed by atoms with Crippen molar-refractivity contribution in [1.29, 1.82) is 0 Å². The van der Waals surface area contributed by atoms with Gasteiger partial charge in [-0.15, -0.1) is 0 Å². The summed E-state index contributed by atoms with van der Waals surface area (Å²) in [5, 5.41) is 3.39. The standard InChI is InChI=1S/C10H5Cl2/c11-8-4-5-9-7(6-8)2-1-3-10(9)12/h1,3-6H. The fourth-order valence-corrected chi connectivity index (χ4v) is 1.54. The maximum atomic E-state index is 5.95. The number of hydrogen-bond acceptors (Lipinski definition) is 0. The van der Waals surface area contributed by atoms with Crippen LogP contribution in [0.4, 0.5) is 0 Å². The van der Waals surface area contributed by atoms with E-state index in [2.05, 4.69) is 6.07 Å². The van der Waals surface area contributed by atoms with E-state index in [9.17, 15) is 0 Å². The van der Waals surface area contributed by atoms with Crippen molar-refractivity contribution in [2.75, 3.05) is 0 Å². The van der Waals surface area contributed by atoms with Gasteiger partial charge < -0.3 is 0 Å². The van der Waals surface area contributed by atoms with Gasteiger partial charge in [0.05, 0.1) is 0 Å². The molecule has 0 aliphatic heterocycles. The molecule has 0 unspecified atom stereocenters. The maximum Gasteiger partial charge on any atom is 0.0484 e. The van der Waals surface area contributed by atoms with Gasteiger partial charge in [0, 0.05) is 15.4 Å². The van der Waals surface area contributed by atoms with Gasteiger partial charge in [0.25, 0.3) is 0 Å². The Kier molecular flexibility index (Phi) is 1.95. The van der Waals surface area contributed by atoms with Crippen molar-refractivity contribution >= 4 is 34.0 Å². The molecule has 0 aromatic heterocycles. The third-order valence-corrected chi connectivity index (χ3v) is 2.27. The second kappa shape index (κ2) is 2.96. The van der Waals surface area contributed by atoms with Gasteiger partial charge in [0.2, 0.25) is 0 Å². The molecule has 0 saturated carbocycles. The average Bonchev–Trinajstić information content (AvgIpc) is 2.04. The van der Waals surface area contributed by atoms with Crippen molar-refractivity contribution in [1.82, 2.24) is 0 Å². The molecule has 0 atom stereocenters. The highest BCUT2D eigenvalue weighted by atomic mass is 35.5. The first-order valence-electron chi connectivity index (χ1n) is 3.53. The normalized spacial score (nSPS) is 10.5. The number of halogens is 2. The average molecular weight is 196 g/mol. The van der Waals surface area contributed by atoms with Crippen molar-refractivity contribution in [3.8, 4) is 0 Å². The highest BCUT2D eigenvalue weighted by molar-refractivity contribution is 6.36. The first kappa shape index (κ1) is 7.90. The van der Waals surface area contributed by atoms with Gasteiger partial charge in [-0.05, 0) is 29.7 Å². The monoisotopic (exact) mass is 195 g/mol. The molecule has 1 radical (unpaired) electrons. The SMILES string of the molecule is Clc1ccc2c(Cl)cc[c]c2c1. The van der Waals surface area contributed by atoms with E-state index < -0.39 is 0 Å². The van der Waals surface area contributed by atoms with Crippen molar-refractivity contribution in [3.63, 3.8) is 0 Å². The van der Waals surface area contributed by atoms with Crippen LogP contribution in [0.5, 0.6) is 0 Å². The van der Waals surface area contributed by atoms with E-state index in [4.69, 9.17) is 23.2 Å². The minimum Gasteiger partial charge on any atom is -0.0843 e. The van der Waals surface area contributed by atoms with Crippen LogP contribution in [0.25, 0.3) is 10.8 Å². The van der Waals surface area contributed by atoms with Crippen molar-refractivity contribution in [2.24, 2.45) is 0 Å². The Morgan fingerprint density at radius 3 is 2.75 bits per heavy atom. The van der Waals surface area contributed by atoms with Gasteiger partial charge in [-0.3, -0.25) is 0 Å². The Morgan fingerprint density at radius 1 is 1.08 bits per heavy atom. The first-order valence-corrected chi connectivity index (χ1v) is 4.28. The highest BCUT2D eigenvalue weighted by Crippen LogP contribution is 2.25. The molecule has 0 saturated heterocycles. The quantitative estimate of drug-likeness (QED) is 0.598. The van der Waals surface area contributed by atoms with Crippen molar-refractivity contribution < 1.29 is 0 Å². The van der Waals surface area contributed by atoms with Crippen LogP contribution >= 0.6 is 23.2 Å². The molecule has 2 rings (SSSR count). The lowest BCUT2D eigenvalue weighted by atomic mass is 10.1. The van der Waals surface area contributed by atoms with Gasteiger partial charge in [-0.25, -0.2) is 0 Å². The molecule has 0 aliphatic carbocycles. The number of hydrogen-bond donors (Lipinski definition) is 0. The zero-order chi connectivity index (χ0) is 8.55. The van der Waals surface area contributed by atoms with Crippen LogP contribution in [-0.4, -0.2) is 0 Å². The summed E-state index contributed by atoms with van der Waals surface area (Å²) in [7, 11) is 0. The van der Waals surface area contributed by atoms with E-state index in [0.29, 0.717) is 5.02 Å². The molecule has 2 heteroatoms. The molecular formula is C10H5Cl2. The van der Waals surface area contributed by atoms with E-state index in [1.54, 1.807) is 6.07 Å². The van der Waals surface area contributed by atoms with Crippen LogP contribution in [0.2, 0.25) is 10.0 Å². The highest BCUT2D eigenvalue weighted by Gasteiger charge is 1.97. The summed E-state index contributed by atoms with van der Waals surface area (Å²) in [6.07, 6.45) is 0. The third-order valence-electron chi connectivity index (χ3n) is 1.71. The van der Waals surface area contributed by atoms with Gasteiger partial charge in [0.15, 0.2) is 0 Å². The lowest BCUT2D eigenvalue weighted by molar-refractivity contribution is 1.73. The predicted molar refractivity (Wildman–Crippen MR) is 52.8 cm³/mol. The molecule has 0 fully saturated rings. The summed E-state index contributed by atoms with van der Waals surface area (Å²) < 4.78 is 0. The summed E-state index contributed by atoms with van der Waals surface area (Å²) in [4.78, 5) is 0. The molecule has 0 N–H and O–H groups in total. The van der Waals surface area contributed by atoms with Crippen molar-refractivity contribution in [2.45, 2.75) is 0 Å². The van der Waals surface area contributed by atoms with E-state index in [0.717, 1.165) is 15.8 Å². The summed E-state index contributed by atoms with van der Waals surface area (Å²) in [5.74, 6) is 0. The topological polar surface area (TPSA) is 0 Å². The Bertz CT molecular complexity index is 421. The van der Waals surface area contributed by atoms with Crippen LogP contribution in [0.3, 0.4) is 0 Å². The second-order valence-corrected chi connectivity index (χ2v) is 3.36. The zero-order valence-electron chi connectivity index (χ0n) is 6.14. The maximum absolute atomic E-state index is 5.95. The Labute approximate surface area is 80.7 Å². The molecule has 12 heavy (non-hydrogen) atoms. The molecule has 2 aromatic rings. The zero-order valence-corrected chi connectivity index (χ0v) is 7.65. The Balaban J connectivity index is 2.86. The number of benzene rings is 2. The molecular weight excluding hydrogens is 191 g/mol. The molecule has 0 heterocycles. The minimum absolute atomic E-state index is 0.709.